The van der Waals surface area contributed by atoms with Crippen molar-refractivity contribution in [2.75, 3.05) is 22.3 Å². The van der Waals surface area contributed by atoms with Crippen LogP contribution in [0.5, 0.6) is 0 Å². The van der Waals surface area contributed by atoms with Crippen LogP contribution in [0.3, 0.4) is 0 Å². The zero-order valence-electron chi connectivity index (χ0n) is 15.5. The van der Waals surface area contributed by atoms with E-state index < -0.39 is 46.5 Å². The van der Waals surface area contributed by atoms with Crippen molar-refractivity contribution in [2.45, 2.75) is 23.6 Å². The number of amides is 2. The van der Waals surface area contributed by atoms with Crippen LogP contribution >= 0.6 is 23.4 Å². The molecule has 5 nitrogen and oxygen atoms in total. The number of rotatable bonds is 7. The van der Waals surface area contributed by atoms with Crippen molar-refractivity contribution in [2.24, 2.45) is 0 Å². The summed E-state index contributed by atoms with van der Waals surface area (Å²) in [5.74, 6) is -2.83. The third-order valence-electron chi connectivity index (χ3n) is 3.80. The Kier molecular flexibility index (Phi) is 7.73. The molecule has 0 spiro atoms. The van der Waals surface area contributed by atoms with E-state index in [9.17, 15) is 32.3 Å². The Balaban J connectivity index is 2.14. The van der Waals surface area contributed by atoms with Crippen LogP contribution < -0.4 is 10.6 Å². The molecule has 1 atom stereocenters. The summed E-state index contributed by atoms with van der Waals surface area (Å²) in [5.41, 5.74) is -3.84. The van der Waals surface area contributed by atoms with Crippen LogP contribution in [0.15, 0.2) is 47.4 Å². The second kappa shape index (κ2) is 9.67. The van der Waals surface area contributed by atoms with Gasteiger partial charge in [0.05, 0.1) is 11.3 Å². The first-order valence-corrected chi connectivity index (χ1v) is 9.93. The molecule has 0 aliphatic heterocycles. The van der Waals surface area contributed by atoms with Crippen molar-refractivity contribution in [3.8, 4) is 0 Å². The highest BCUT2D eigenvalue weighted by molar-refractivity contribution is 7.99. The summed E-state index contributed by atoms with van der Waals surface area (Å²) in [6.45, 7) is 1.21. The number of halogens is 5. The number of anilines is 2. The standard InChI is InChI=1S/C19H17ClF4N2O3S/c1-18(29,10-30-13-5-2-11(21)3-6-13)17(28)25-12-4-7-15(26-16(27)9-20)14(8-12)19(22,23)24/h2-8,29H,9-10H2,1H3,(H,25,28)(H,26,27). The SMILES string of the molecule is CC(O)(CSc1ccc(F)cc1)C(=O)Nc1ccc(NC(=O)CCl)c(C(F)(F)F)c1. The summed E-state index contributed by atoms with van der Waals surface area (Å²) in [5, 5.41) is 14.7. The maximum atomic E-state index is 13.3. The summed E-state index contributed by atoms with van der Waals surface area (Å²) >= 11 is 6.38. The van der Waals surface area contributed by atoms with Crippen LogP contribution in [0.2, 0.25) is 0 Å². The lowest BCUT2D eigenvalue weighted by atomic mass is 10.1. The van der Waals surface area contributed by atoms with Gasteiger partial charge < -0.3 is 15.7 Å². The lowest BCUT2D eigenvalue weighted by Crippen LogP contribution is -2.42. The van der Waals surface area contributed by atoms with Gasteiger partial charge in [-0.25, -0.2) is 4.39 Å². The fourth-order valence-corrected chi connectivity index (χ4v) is 3.21. The molecule has 1 unspecified atom stereocenters. The third kappa shape index (κ3) is 6.61. The van der Waals surface area contributed by atoms with Gasteiger partial charge >= 0.3 is 6.18 Å². The van der Waals surface area contributed by atoms with Gasteiger partial charge in [-0.3, -0.25) is 9.59 Å². The molecule has 0 radical (unpaired) electrons. The third-order valence-corrected chi connectivity index (χ3v) is 5.36. The largest absolute Gasteiger partial charge is 0.418 e. The minimum absolute atomic E-state index is 0.125. The molecule has 0 fully saturated rings. The van der Waals surface area contributed by atoms with E-state index in [2.05, 4.69) is 5.32 Å². The van der Waals surface area contributed by atoms with Crippen molar-refractivity contribution in [1.82, 2.24) is 0 Å². The van der Waals surface area contributed by atoms with Gasteiger partial charge in [-0.2, -0.15) is 13.2 Å². The van der Waals surface area contributed by atoms with Crippen LogP contribution in [-0.4, -0.2) is 34.2 Å². The van der Waals surface area contributed by atoms with Gasteiger partial charge in [0, 0.05) is 16.3 Å². The molecule has 30 heavy (non-hydrogen) atoms. The van der Waals surface area contributed by atoms with Crippen LogP contribution in [0, 0.1) is 5.82 Å². The molecule has 0 aromatic heterocycles. The zero-order valence-corrected chi connectivity index (χ0v) is 17.1. The first-order valence-electron chi connectivity index (χ1n) is 8.41. The number of nitrogens with one attached hydrogen (secondary N) is 2. The van der Waals surface area contributed by atoms with Crippen LogP contribution in [0.1, 0.15) is 12.5 Å². The van der Waals surface area contributed by atoms with E-state index in [0.717, 1.165) is 23.9 Å². The summed E-state index contributed by atoms with van der Waals surface area (Å²) in [4.78, 5) is 24.3. The molecule has 11 heteroatoms. The van der Waals surface area contributed by atoms with Gasteiger partial charge in [-0.05, 0) is 49.4 Å². The number of benzene rings is 2. The fraction of sp³-hybridized carbons (Fsp3) is 0.263. The summed E-state index contributed by atoms with van der Waals surface area (Å²) in [7, 11) is 0. The van der Waals surface area contributed by atoms with Crippen molar-refractivity contribution in [3.05, 3.63) is 53.8 Å². The monoisotopic (exact) mass is 464 g/mol. The van der Waals surface area contributed by atoms with Gasteiger partial charge in [0.15, 0.2) is 0 Å². The fourth-order valence-electron chi connectivity index (χ4n) is 2.24. The predicted molar refractivity (Wildman–Crippen MR) is 107 cm³/mol. The highest BCUT2D eigenvalue weighted by Crippen LogP contribution is 2.37. The van der Waals surface area contributed by atoms with Gasteiger partial charge in [0.2, 0.25) is 5.91 Å². The molecule has 0 saturated heterocycles. The highest BCUT2D eigenvalue weighted by Gasteiger charge is 2.35. The summed E-state index contributed by atoms with van der Waals surface area (Å²) in [6, 6.07) is 8.16. The van der Waals surface area contributed by atoms with Crippen molar-refractivity contribution < 1.29 is 32.3 Å². The molecule has 2 aromatic rings. The second-order valence-corrected chi connectivity index (χ2v) is 7.73. The zero-order chi connectivity index (χ0) is 22.5. The molecule has 0 saturated carbocycles. The lowest BCUT2D eigenvalue weighted by molar-refractivity contribution is -0.137. The Morgan fingerprint density at radius 3 is 2.30 bits per heavy atom. The lowest BCUT2D eigenvalue weighted by Gasteiger charge is -2.22. The Bertz CT molecular complexity index is 921. The molecule has 2 rings (SSSR count). The molecule has 0 aliphatic rings. The average Bonchev–Trinajstić information content (AvgIpc) is 2.67. The van der Waals surface area contributed by atoms with Crippen LogP contribution in [0.25, 0.3) is 0 Å². The van der Waals surface area contributed by atoms with E-state index in [4.69, 9.17) is 11.6 Å². The number of aliphatic hydroxyl groups is 1. The van der Waals surface area contributed by atoms with E-state index in [1.807, 2.05) is 5.32 Å². The molecule has 3 N–H and O–H groups in total. The number of hydrogen-bond donors (Lipinski definition) is 3. The average molecular weight is 465 g/mol. The summed E-state index contributed by atoms with van der Waals surface area (Å²) in [6.07, 6.45) is -4.81. The van der Waals surface area contributed by atoms with E-state index in [-0.39, 0.29) is 11.4 Å². The molecular weight excluding hydrogens is 448 g/mol. The molecule has 0 bridgehead atoms. The molecule has 2 aromatic carbocycles. The number of carbonyl (C=O) groups excluding carboxylic acids is 2. The Morgan fingerprint density at radius 1 is 1.10 bits per heavy atom. The molecule has 2 amide bonds. The van der Waals surface area contributed by atoms with Crippen LogP contribution in [-0.2, 0) is 15.8 Å². The van der Waals surface area contributed by atoms with Gasteiger partial charge in [0.25, 0.3) is 5.91 Å². The second-order valence-electron chi connectivity index (χ2n) is 6.41. The van der Waals surface area contributed by atoms with Gasteiger partial charge in [-0.15, -0.1) is 23.4 Å². The quantitative estimate of drug-likeness (QED) is 0.320. The highest BCUT2D eigenvalue weighted by atomic mass is 35.5. The first-order chi connectivity index (χ1) is 13.9. The molecule has 0 heterocycles. The number of thioether (sulfide) groups is 1. The molecule has 0 aliphatic carbocycles. The van der Waals surface area contributed by atoms with Gasteiger partial charge in [-0.1, -0.05) is 0 Å². The topological polar surface area (TPSA) is 78.4 Å². The van der Waals surface area contributed by atoms with E-state index >= 15 is 0 Å². The van der Waals surface area contributed by atoms with Crippen molar-refractivity contribution in [1.29, 1.82) is 0 Å². The van der Waals surface area contributed by atoms with Crippen molar-refractivity contribution >= 4 is 46.6 Å². The maximum absolute atomic E-state index is 13.3. The van der Waals surface area contributed by atoms with E-state index in [1.165, 1.54) is 31.2 Å². The number of hydrogen-bond acceptors (Lipinski definition) is 4. The number of carbonyl (C=O) groups is 2. The summed E-state index contributed by atoms with van der Waals surface area (Å²) < 4.78 is 52.9. The Hall–Kier alpha value is -2.30. The first kappa shape index (κ1) is 24.0. The minimum Gasteiger partial charge on any atom is -0.379 e. The predicted octanol–water partition coefficient (Wildman–Crippen LogP) is 4.50. The van der Waals surface area contributed by atoms with Gasteiger partial charge in [0.1, 0.15) is 17.3 Å². The Labute approximate surface area is 178 Å². The van der Waals surface area contributed by atoms with Crippen molar-refractivity contribution in [3.63, 3.8) is 0 Å². The molecular formula is C19H17ClF4N2O3S. The maximum Gasteiger partial charge on any atom is 0.418 e. The minimum atomic E-state index is -4.81. The molecule has 162 valence electrons. The smallest absolute Gasteiger partial charge is 0.379 e. The Morgan fingerprint density at radius 2 is 1.73 bits per heavy atom. The normalized spacial score (nSPS) is 13.4. The van der Waals surface area contributed by atoms with E-state index in [1.54, 1.807) is 0 Å². The van der Waals surface area contributed by atoms with Crippen LogP contribution in [0.4, 0.5) is 28.9 Å². The number of alkyl halides is 4. The van der Waals surface area contributed by atoms with E-state index in [0.29, 0.717) is 11.0 Å².